The van der Waals surface area contributed by atoms with Crippen LogP contribution in [0.4, 0.5) is 0 Å². The Morgan fingerprint density at radius 3 is 2.52 bits per heavy atom. The number of hydrogen-bond acceptors (Lipinski definition) is 5. The van der Waals surface area contributed by atoms with Crippen molar-refractivity contribution in [3.05, 3.63) is 52.8 Å². The predicted molar refractivity (Wildman–Crippen MR) is 94.7 cm³/mol. The fraction of sp³-hybridized carbons (Fsp3) is 0.250. The molecular formula is C16H16BrN3O4S. The number of hydrogen-bond donors (Lipinski definition) is 1. The van der Waals surface area contributed by atoms with Crippen LogP contribution in [0.1, 0.15) is 10.4 Å². The first-order valence-electron chi connectivity index (χ1n) is 7.57. The van der Waals surface area contributed by atoms with E-state index in [9.17, 15) is 18.3 Å². The number of rotatable bonds is 3. The molecule has 1 aliphatic rings. The van der Waals surface area contributed by atoms with Gasteiger partial charge in [-0.15, -0.1) is 0 Å². The Morgan fingerprint density at radius 2 is 1.88 bits per heavy atom. The number of aromatic hydroxyl groups is 1. The van der Waals surface area contributed by atoms with Gasteiger partial charge in [-0.2, -0.15) is 4.31 Å². The largest absolute Gasteiger partial charge is 0.507 e. The van der Waals surface area contributed by atoms with Crippen molar-refractivity contribution in [1.82, 2.24) is 14.2 Å². The zero-order valence-corrected chi connectivity index (χ0v) is 15.6. The Labute approximate surface area is 154 Å². The van der Waals surface area contributed by atoms with Gasteiger partial charge in [0.05, 0.1) is 5.56 Å². The van der Waals surface area contributed by atoms with E-state index in [-0.39, 0.29) is 48.3 Å². The lowest BCUT2D eigenvalue weighted by molar-refractivity contribution is 0.0694. The van der Waals surface area contributed by atoms with E-state index in [4.69, 9.17) is 0 Å². The van der Waals surface area contributed by atoms with Crippen molar-refractivity contribution in [2.75, 3.05) is 26.2 Å². The first-order valence-corrected chi connectivity index (χ1v) is 9.81. The Hall–Kier alpha value is -1.97. The van der Waals surface area contributed by atoms with E-state index in [0.717, 1.165) is 0 Å². The third-order valence-electron chi connectivity index (χ3n) is 3.99. The van der Waals surface area contributed by atoms with Gasteiger partial charge in [0.25, 0.3) is 5.91 Å². The lowest BCUT2D eigenvalue weighted by Gasteiger charge is -2.34. The van der Waals surface area contributed by atoms with Gasteiger partial charge in [-0.25, -0.2) is 8.42 Å². The van der Waals surface area contributed by atoms with E-state index in [1.165, 1.54) is 33.7 Å². The van der Waals surface area contributed by atoms with Crippen LogP contribution in [0.3, 0.4) is 0 Å². The van der Waals surface area contributed by atoms with Crippen molar-refractivity contribution in [3.63, 3.8) is 0 Å². The number of sulfonamides is 1. The third-order valence-corrected chi connectivity index (χ3v) is 6.36. The quantitative estimate of drug-likeness (QED) is 0.807. The zero-order valence-electron chi connectivity index (χ0n) is 13.2. The number of halogens is 1. The number of benzene rings is 1. The maximum Gasteiger partial charge on any atom is 0.257 e. The van der Waals surface area contributed by atoms with Crippen LogP contribution in [-0.2, 0) is 10.0 Å². The SMILES string of the molecule is O=C(c1cc(Br)ccc1O)N1CCN(S(=O)(=O)c2cccnc2)CC1. The molecule has 0 bridgehead atoms. The molecule has 132 valence electrons. The van der Waals surface area contributed by atoms with E-state index in [0.29, 0.717) is 4.47 Å². The van der Waals surface area contributed by atoms with Crippen LogP contribution in [0.5, 0.6) is 5.75 Å². The monoisotopic (exact) mass is 425 g/mol. The van der Waals surface area contributed by atoms with E-state index in [1.807, 2.05) is 0 Å². The van der Waals surface area contributed by atoms with Crippen molar-refractivity contribution in [2.45, 2.75) is 4.90 Å². The Kier molecular flexibility index (Phi) is 5.07. The summed E-state index contributed by atoms with van der Waals surface area (Å²) < 4.78 is 27.2. The van der Waals surface area contributed by atoms with Gasteiger partial charge in [0.1, 0.15) is 10.6 Å². The molecule has 3 rings (SSSR count). The first-order chi connectivity index (χ1) is 11.9. The van der Waals surface area contributed by atoms with Crippen LogP contribution >= 0.6 is 15.9 Å². The number of phenolic OH excluding ortho intramolecular Hbond substituents is 1. The zero-order chi connectivity index (χ0) is 18.0. The number of carbonyl (C=O) groups is 1. The molecule has 1 fully saturated rings. The van der Waals surface area contributed by atoms with Gasteiger partial charge < -0.3 is 10.0 Å². The van der Waals surface area contributed by atoms with E-state index in [1.54, 1.807) is 18.2 Å². The average molecular weight is 426 g/mol. The van der Waals surface area contributed by atoms with Crippen LogP contribution < -0.4 is 0 Å². The van der Waals surface area contributed by atoms with Crippen molar-refractivity contribution in [1.29, 1.82) is 0 Å². The molecule has 0 saturated carbocycles. The maximum atomic E-state index is 12.6. The van der Waals surface area contributed by atoms with Crippen molar-refractivity contribution >= 4 is 31.9 Å². The number of aromatic nitrogens is 1. The topological polar surface area (TPSA) is 90.8 Å². The van der Waals surface area contributed by atoms with Crippen LogP contribution in [0.2, 0.25) is 0 Å². The van der Waals surface area contributed by atoms with Gasteiger partial charge in [0, 0.05) is 43.0 Å². The van der Waals surface area contributed by atoms with Crippen LogP contribution in [-0.4, -0.2) is 59.8 Å². The van der Waals surface area contributed by atoms with E-state index >= 15 is 0 Å². The van der Waals surface area contributed by atoms with E-state index < -0.39 is 10.0 Å². The summed E-state index contributed by atoms with van der Waals surface area (Å²) in [5, 5.41) is 9.88. The average Bonchev–Trinajstić information content (AvgIpc) is 2.64. The molecule has 25 heavy (non-hydrogen) atoms. The lowest BCUT2D eigenvalue weighted by atomic mass is 10.1. The lowest BCUT2D eigenvalue weighted by Crippen LogP contribution is -2.50. The van der Waals surface area contributed by atoms with Gasteiger partial charge in [-0.1, -0.05) is 15.9 Å². The molecule has 1 aliphatic heterocycles. The second-order valence-corrected chi connectivity index (χ2v) is 8.40. The molecule has 0 radical (unpaired) electrons. The van der Waals surface area contributed by atoms with Crippen molar-refractivity contribution < 1.29 is 18.3 Å². The Balaban J connectivity index is 1.72. The molecule has 0 spiro atoms. The van der Waals surface area contributed by atoms with Gasteiger partial charge >= 0.3 is 0 Å². The summed E-state index contributed by atoms with van der Waals surface area (Å²) in [6, 6.07) is 7.71. The minimum atomic E-state index is -3.61. The first kappa shape index (κ1) is 17.8. The molecule has 0 unspecified atom stereocenters. The second kappa shape index (κ2) is 7.11. The molecule has 0 aliphatic carbocycles. The highest BCUT2D eigenvalue weighted by atomic mass is 79.9. The third kappa shape index (κ3) is 3.68. The number of pyridine rings is 1. The summed E-state index contributed by atoms with van der Waals surface area (Å²) in [4.78, 5) is 18.1. The van der Waals surface area contributed by atoms with Gasteiger partial charge in [-0.3, -0.25) is 9.78 Å². The number of amides is 1. The fourth-order valence-corrected chi connectivity index (χ4v) is 4.38. The Bertz CT molecular complexity index is 882. The molecule has 2 aromatic rings. The van der Waals surface area contributed by atoms with Crippen molar-refractivity contribution in [2.24, 2.45) is 0 Å². The predicted octanol–water partition coefficient (Wildman–Crippen LogP) is 1.70. The summed E-state index contributed by atoms with van der Waals surface area (Å²) >= 11 is 3.27. The summed E-state index contributed by atoms with van der Waals surface area (Å²) in [5.41, 5.74) is 0.193. The fourth-order valence-electron chi connectivity index (χ4n) is 2.63. The minimum absolute atomic E-state index is 0.0985. The normalized spacial score (nSPS) is 16.0. The molecule has 7 nitrogen and oxygen atoms in total. The molecule has 1 aromatic carbocycles. The highest BCUT2D eigenvalue weighted by Crippen LogP contribution is 2.24. The van der Waals surface area contributed by atoms with Gasteiger partial charge in [0.15, 0.2) is 0 Å². The Morgan fingerprint density at radius 1 is 1.16 bits per heavy atom. The molecule has 2 heterocycles. The van der Waals surface area contributed by atoms with Crippen LogP contribution in [0.15, 0.2) is 52.1 Å². The van der Waals surface area contributed by atoms with Gasteiger partial charge in [0.2, 0.25) is 10.0 Å². The van der Waals surface area contributed by atoms with Crippen LogP contribution in [0.25, 0.3) is 0 Å². The molecule has 9 heteroatoms. The van der Waals surface area contributed by atoms with E-state index in [2.05, 4.69) is 20.9 Å². The molecular weight excluding hydrogens is 410 g/mol. The summed E-state index contributed by atoms with van der Waals surface area (Å²) in [5.74, 6) is -0.421. The number of nitrogens with zero attached hydrogens (tertiary/aromatic N) is 3. The van der Waals surface area contributed by atoms with Crippen molar-refractivity contribution in [3.8, 4) is 5.75 Å². The molecule has 1 saturated heterocycles. The highest BCUT2D eigenvalue weighted by Gasteiger charge is 2.31. The number of carbonyl (C=O) groups excluding carboxylic acids is 1. The molecule has 1 amide bonds. The summed E-state index contributed by atoms with van der Waals surface area (Å²) in [7, 11) is -3.61. The van der Waals surface area contributed by atoms with Crippen LogP contribution in [0, 0.1) is 0 Å². The standard InChI is InChI=1S/C16H16BrN3O4S/c17-12-3-4-15(21)14(10-12)16(22)19-6-8-20(9-7-19)25(23,24)13-2-1-5-18-11-13/h1-5,10-11,21H,6-9H2. The molecule has 1 aromatic heterocycles. The molecule has 0 atom stereocenters. The maximum absolute atomic E-state index is 12.6. The summed E-state index contributed by atoms with van der Waals surface area (Å²) in [6.07, 6.45) is 2.83. The summed E-state index contributed by atoms with van der Waals surface area (Å²) in [6.45, 7) is 0.893. The molecule has 1 N–H and O–H groups in total. The minimum Gasteiger partial charge on any atom is -0.507 e. The smallest absolute Gasteiger partial charge is 0.257 e. The number of piperazine rings is 1. The van der Waals surface area contributed by atoms with Gasteiger partial charge in [-0.05, 0) is 30.3 Å². The number of phenols is 1. The second-order valence-electron chi connectivity index (χ2n) is 5.55. The highest BCUT2D eigenvalue weighted by molar-refractivity contribution is 9.10.